The third-order valence-corrected chi connectivity index (χ3v) is 5.03. The van der Waals surface area contributed by atoms with Crippen molar-refractivity contribution < 1.29 is 23.9 Å². The van der Waals surface area contributed by atoms with E-state index in [1.54, 1.807) is 30.3 Å². The van der Waals surface area contributed by atoms with Crippen LogP contribution in [0, 0.1) is 0 Å². The van der Waals surface area contributed by atoms with Gasteiger partial charge in [0.2, 0.25) is 0 Å². The molecule has 1 aromatic rings. The summed E-state index contributed by atoms with van der Waals surface area (Å²) in [6.07, 6.45) is 4.44. The van der Waals surface area contributed by atoms with E-state index < -0.39 is 42.5 Å². The topological polar surface area (TPSA) is 96.0 Å². The maximum atomic E-state index is 12.5. The van der Waals surface area contributed by atoms with E-state index in [2.05, 4.69) is 11.9 Å². The maximum absolute atomic E-state index is 12.5. The maximum Gasteiger partial charge on any atom is 0.326 e. The van der Waals surface area contributed by atoms with Crippen molar-refractivity contribution >= 4 is 29.5 Å². The van der Waals surface area contributed by atoms with Gasteiger partial charge in [-0.2, -0.15) is 0 Å². The summed E-state index contributed by atoms with van der Waals surface area (Å²) in [4.78, 5) is 51.5. The Bertz CT molecular complexity index is 786. The zero-order chi connectivity index (χ0) is 20.1. The standard InChI is InChI=1S/C20H23N3O5/c1-2-12-22(15-8-4-3-5-9-15)16(24)14-28-17(25)13-23-18(26)20(21-19(23)27)10-6-7-11-20/h2-5,8-9H,1,6-7,10-14H2,(H,21,27). The van der Waals surface area contributed by atoms with Gasteiger partial charge in [0, 0.05) is 12.2 Å². The number of carbonyl (C=O) groups excluding carboxylic acids is 4. The Morgan fingerprint density at radius 1 is 1.21 bits per heavy atom. The SMILES string of the molecule is C=CCN(C(=O)COC(=O)CN1C(=O)NC2(CCCC2)C1=O)c1ccccc1. The summed E-state index contributed by atoms with van der Waals surface area (Å²) < 4.78 is 5.02. The predicted molar refractivity (Wildman–Crippen MR) is 101 cm³/mol. The number of anilines is 1. The number of amides is 4. The lowest BCUT2D eigenvalue weighted by Crippen LogP contribution is -2.44. The van der Waals surface area contributed by atoms with Crippen LogP contribution in [0.15, 0.2) is 43.0 Å². The average molecular weight is 385 g/mol. The molecule has 0 unspecified atom stereocenters. The zero-order valence-electron chi connectivity index (χ0n) is 15.6. The van der Waals surface area contributed by atoms with E-state index in [4.69, 9.17) is 4.74 Å². The van der Waals surface area contributed by atoms with Crippen LogP contribution in [0.3, 0.4) is 0 Å². The summed E-state index contributed by atoms with van der Waals surface area (Å²) in [6.45, 7) is 2.90. The lowest BCUT2D eigenvalue weighted by Gasteiger charge is -2.21. The molecule has 3 rings (SSSR count). The lowest BCUT2D eigenvalue weighted by molar-refractivity contribution is -0.150. The number of imide groups is 1. The van der Waals surface area contributed by atoms with Crippen molar-refractivity contribution in [2.75, 3.05) is 24.6 Å². The van der Waals surface area contributed by atoms with Crippen LogP contribution in [0.1, 0.15) is 25.7 Å². The minimum absolute atomic E-state index is 0.260. The number of hydrogen-bond donors (Lipinski definition) is 1. The number of urea groups is 1. The molecule has 1 N–H and O–H groups in total. The Morgan fingerprint density at radius 3 is 2.54 bits per heavy atom. The molecule has 0 aromatic heterocycles. The Labute approximate surface area is 163 Å². The molecule has 8 nitrogen and oxygen atoms in total. The summed E-state index contributed by atoms with van der Waals surface area (Å²) in [5, 5.41) is 2.70. The van der Waals surface area contributed by atoms with Crippen LogP contribution in [-0.2, 0) is 19.1 Å². The van der Waals surface area contributed by atoms with E-state index in [9.17, 15) is 19.2 Å². The molecular formula is C20H23N3O5. The van der Waals surface area contributed by atoms with Gasteiger partial charge in [0.25, 0.3) is 11.8 Å². The van der Waals surface area contributed by atoms with Crippen LogP contribution in [-0.4, -0.2) is 54.0 Å². The van der Waals surface area contributed by atoms with Gasteiger partial charge in [-0.25, -0.2) is 4.79 Å². The summed E-state index contributed by atoms with van der Waals surface area (Å²) >= 11 is 0. The number of ether oxygens (including phenoxy) is 1. The summed E-state index contributed by atoms with van der Waals surface area (Å²) in [7, 11) is 0. The minimum atomic E-state index is -0.874. The smallest absolute Gasteiger partial charge is 0.326 e. The van der Waals surface area contributed by atoms with Crippen molar-refractivity contribution in [3.05, 3.63) is 43.0 Å². The monoisotopic (exact) mass is 385 g/mol. The molecule has 8 heteroatoms. The number of esters is 1. The van der Waals surface area contributed by atoms with Gasteiger partial charge in [0.1, 0.15) is 12.1 Å². The van der Waals surface area contributed by atoms with E-state index in [-0.39, 0.29) is 6.54 Å². The fourth-order valence-corrected chi connectivity index (χ4v) is 3.62. The van der Waals surface area contributed by atoms with Gasteiger partial charge in [-0.15, -0.1) is 6.58 Å². The normalized spacial score (nSPS) is 17.5. The second-order valence-corrected chi connectivity index (χ2v) is 6.90. The highest BCUT2D eigenvalue weighted by atomic mass is 16.5. The van der Waals surface area contributed by atoms with Crippen molar-refractivity contribution in [1.29, 1.82) is 0 Å². The van der Waals surface area contributed by atoms with Crippen LogP contribution in [0.2, 0.25) is 0 Å². The van der Waals surface area contributed by atoms with Crippen molar-refractivity contribution in [1.82, 2.24) is 10.2 Å². The molecule has 1 heterocycles. The molecule has 1 aliphatic carbocycles. The summed E-state index contributed by atoms with van der Waals surface area (Å²) in [5.41, 5.74) is -0.220. The molecule has 1 spiro atoms. The molecule has 0 bridgehead atoms. The van der Waals surface area contributed by atoms with E-state index in [0.29, 0.717) is 18.5 Å². The number of nitrogens with zero attached hydrogens (tertiary/aromatic N) is 2. The molecule has 1 saturated heterocycles. The lowest BCUT2D eigenvalue weighted by atomic mass is 9.98. The van der Waals surface area contributed by atoms with Gasteiger partial charge in [-0.05, 0) is 25.0 Å². The first-order valence-electron chi connectivity index (χ1n) is 9.23. The molecular weight excluding hydrogens is 362 g/mol. The predicted octanol–water partition coefficient (Wildman–Crippen LogP) is 1.61. The van der Waals surface area contributed by atoms with Crippen LogP contribution in [0.25, 0.3) is 0 Å². The van der Waals surface area contributed by atoms with Gasteiger partial charge in [-0.3, -0.25) is 19.3 Å². The fourth-order valence-electron chi connectivity index (χ4n) is 3.62. The highest BCUT2D eigenvalue weighted by molar-refractivity contribution is 6.09. The van der Waals surface area contributed by atoms with E-state index >= 15 is 0 Å². The third kappa shape index (κ3) is 3.90. The van der Waals surface area contributed by atoms with Crippen LogP contribution in [0.5, 0.6) is 0 Å². The number of rotatable bonds is 7. The Morgan fingerprint density at radius 2 is 1.89 bits per heavy atom. The molecule has 1 saturated carbocycles. The Hall–Kier alpha value is -3.16. The van der Waals surface area contributed by atoms with Gasteiger partial charge in [0.15, 0.2) is 6.61 Å². The summed E-state index contributed by atoms with van der Waals surface area (Å²) in [5.74, 6) is -1.63. The molecule has 2 fully saturated rings. The molecule has 4 amide bonds. The number of benzene rings is 1. The van der Waals surface area contributed by atoms with Crippen LogP contribution < -0.4 is 10.2 Å². The third-order valence-electron chi connectivity index (χ3n) is 5.03. The minimum Gasteiger partial charge on any atom is -0.454 e. The number of carbonyl (C=O) groups is 4. The zero-order valence-corrected chi connectivity index (χ0v) is 15.6. The van der Waals surface area contributed by atoms with E-state index in [0.717, 1.165) is 17.7 Å². The largest absolute Gasteiger partial charge is 0.454 e. The Balaban J connectivity index is 1.56. The first kappa shape index (κ1) is 19.6. The average Bonchev–Trinajstić information content (AvgIpc) is 3.25. The molecule has 1 aromatic carbocycles. The molecule has 0 atom stereocenters. The first-order valence-corrected chi connectivity index (χ1v) is 9.23. The van der Waals surface area contributed by atoms with Crippen molar-refractivity contribution in [2.24, 2.45) is 0 Å². The van der Waals surface area contributed by atoms with E-state index in [1.165, 1.54) is 4.90 Å². The van der Waals surface area contributed by atoms with Crippen molar-refractivity contribution in [3.8, 4) is 0 Å². The van der Waals surface area contributed by atoms with Gasteiger partial charge in [0.05, 0.1) is 0 Å². The molecule has 0 radical (unpaired) electrons. The van der Waals surface area contributed by atoms with E-state index in [1.807, 2.05) is 6.07 Å². The number of nitrogens with one attached hydrogen (secondary N) is 1. The highest BCUT2D eigenvalue weighted by Gasteiger charge is 2.52. The number of para-hydroxylation sites is 1. The molecule has 1 aliphatic heterocycles. The molecule has 28 heavy (non-hydrogen) atoms. The first-order chi connectivity index (χ1) is 13.5. The second-order valence-electron chi connectivity index (χ2n) is 6.90. The fraction of sp³-hybridized carbons (Fsp3) is 0.400. The second kappa shape index (κ2) is 8.24. The van der Waals surface area contributed by atoms with Crippen molar-refractivity contribution in [3.63, 3.8) is 0 Å². The molecule has 148 valence electrons. The van der Waals surface area contributed by atoms with Gasteiger partial charge < -0.3 is 15.0 Å². The summed E-state index contributed by atoms with van der Waals surface area (Å²) in [6, 6.07) is 8.35. The van der Waals surface area contributed by atoms with Gasteiger partial charge >= 0.3 is 12.0 Å². The van der Waals surface area contributed by atoms with Gasteiger partial charge in [-0.1, -0.05) is 37.1 Å². The van der Waals surface area contributed by atoms with Crippen LogP contribution in [0.4, 0.5) is 10.5 Å². The van der Waals surface area contributed by atoms with Crippen LogP contribution >= 0.6 is 0 Å². The van der Waals surface area contributed by atoms with Crippen molar-refractivity contribution in [2.45, 2.75) is 31.2 Å². The highest BCUT2D eigenvalue weighted by Crippen LogP contribution is 2.34. The molecule has 2 aliphatic rings. The quantitative estimate of drug-likeness (QED) is 0.437. The Kier molecular flexibility index (Phi) is 5.77. The number of hydrogen-bond acceptors (Lipinski definition) is 5.